The predicted molar refractivity (Wildman–Crippen MR) is 202 cm³/mol. The normalized spacial score (nSPS) is 30.6. The van der Waals surface area contributed by atoms with Crippen LogP contribution in [0.5, 0.6) is 5.75 Å². The van der Waals surface area contributed by atoms with E-state index >= 15 is 4.39 Å². The summed E-state index contributed by atoms with van der Waals surface area (Å²) < 4.78 is 39.6. The maximum absolute atomic E-state index is 17.8. The molecule has 9 atom stereocenters. The van der Waals surface area contributed by atoms with Gasteiger partial charge in [0.2, 0.25) is 5.78 Å². The molecule has 0 radical (unpaired) electrons. The molecule has 1 aromatic rings. The van der Waals surface area contributed by atoms with Gasteiger partial charge in [-0.15, -0.1) is 20.2 Å². The maximum Gasteiger partial charge on any atom is 0.514 e. The first-order valence-corrected chi connectivity index (χ1v) is 19.7. The van der Waals surface area contributed by atoms with Crippen molar-refractivity contribution in [1.29, 1.82) is 0 Å². The molecule has 328 valence electrons. The summed E-state index contributed by atoms with van der Waals surface area (Å²) in [6.45, 7) is 3.48. The SMILES string of the molecule is CC1CC2C3CCC4=CC(=O)C=CC4(C)C3(F)C(O)CC2(C)C1(OC(=O)CCCO[N+](=O)[O-])C(=O)COC(=O)Oc1ccc(CC(N)C(=O)OCCCCO[N+](=O)[O-])cc1. The minimum Gasteiger partial charge on any atom is -0.465 e. The molecular formula is C40H50FN3O16. The summed E-state index contributed by atoms with van der Waals surface area (Å²) in [5.41, 5.74) is 0.119. The lowest BCUT2D eigenvalue weighted by Gasteiger charge is -2.62. The van der Waals surface area contributed by atoms with Crippen molar-refractivity contribution in [3.05, 3.63) is 73.9 Å². The first kappa shape index (κ1) is 45.6. The van der Waals surface area contributed by atoms with Crippen LogP contribution in [0.15, 0.2) is 48.1 Å². The fraction of sp³-hybridized carbons (Fsp3) is 0.625. The number of nitrogens with zero attached hydrogens (tertiary/aromatic N) is 2. The molecule has 3 fully saturated rings. The summed E-state index contributed by atoms with van der Waals surface area (Å²) in [6, 6.07) is 4.84. The summed E-state index contributed by atoms with van der Waals surface area (Å²) in [5.74, 6) is -4.92. The van der Waals surface area contributed by atoms with Gasteiger partial charge in [0.1, 0.15) is 11.8 Å². The molecule has 3 saturated carbocycles. The number of ether oxygens (including phenoxy) is 4. The Hall–Kier alpha value is -5.50. The molecule has 0 amide bonds. The lowest BCUT2D eigenvalue weighted by molar-refractivity contribution is -0.757. The quantitative estimate of drug-likeness (QED) is 0.0496. The van der Waals surface area contributed by atoms with E-state index < -0.39 is 99.3 Å². The highest BCUT2D eigenvalue weighted by atomic mass is 19.1. The van der Waals surface area contributed by atoms with Crippen molar-refractivity contribution in [1.82, 2.24) is 0 Å². The number of fused-ring (bicyclic) bond motifs is 5. The van der Waals surface area contributed by atoms with Crippen molar-refractivity contribution in [2.75, 3.05) is 26.4 Å². The number of aliphatic hydroxyl groups is 1. The third-order valence-corrected chi connectivity index (χ3v) is 12.8. The Morgan fingerprint density at radius 2 is 1.63 bits per heavy atom. The molecule has 3 N–H and O–H groups in total. The molecule has 0 aliphatic heterocycles. The largest absolute Gasteiger partial charge is 0.514 e. The van der Waals surface area contributed by atoms with E-state index in [4.69, 9.17) is 24.7 Å². The van der Waals surface area contributed by atoms with Gasteiger partial charge in [-0.3, -0.25) is 19.2 Å². The zero-order chi connectivity index (χ0) is 44.0. The molecule has 4 aliphatic rings. The van der Waals surface area contributed by atoms with Crippen LogP contribution in [0.3, 0.4) is 0 Å². The number of aliphatic hydroxyl groups excluding tert-OH is 1. The number of carbonyl (C=O) groups excluding carboxylic acids is 5. The number of hydrogen-bond acceptors (Lipinski definition) is 17. The van der Waals surface area contributed by atoms with Gasteiger partial charge in [0.15, 0.2) is 23.7 Å². The van der Waals surface area contributed by atoms with Crippen LogP contribution in [0.4, 0.5) is 9.18 Å². The lowest BCUT2D eigenvalue weighted by Crippen LogP contribution is -2.70. The summed E-state index contributed by atoms with van der Waals surface area (Å²) >= 11 is 0. The molecular weight excluding hydrogens is 797 g/mol. The fourth-order valence-corrected chi connectivity index (χ4v) is 10.00. The van der Waals surface area contributed by atoms with Gasteiger partial charge in [-0.05, 0) is 94.1 Å². The van der Waals surface area contributed by atoms with Crippen LogP contribution in [0.25, 0.3) is 0 Å². The van der Waals surface area contributed by atoms with Crippen molar-refractivity contribution < 1.29 is 72.3 Å². The van der Waals surface area contributed by atoms with Gasteiger partial charge in [-0.1, -0.05) is 37.6 Å². The van der Waals surface area contributed by atoms with E-state index in [1.165, 1.54) is 42.5 Å². The Balaban J connectivity index is 1.27. The average Bonchev–Trinajstić information content (AvgIpc) is 3.40. The Labute approximate surface area is 343 Å². The zero-order valence-corrected chi connectivity index (χ0v) is 33.5. The van der Waals surface area contributed by atoms with E-state index in [1.54, 1.807) is 20.8 Å². The van der Waals surface area contributed by atoms with Crippen LogP contribution in [0.1, 0.15) is 77.7 Å². The number of alkyl halides is 1. The van der Waals surface area contributed by atoms with Crippen LogP contribution in [0.2, 0.25) is 0 Å². The number of carbonyl (C=O) groups is 5. The first-order chi connectivity index (χ1) is 28.3. The number of hydrogen-bond donors (Lipinski definition) is 2. The van der Waals surface area contributed by atoms with E-state index in [2.05, 4.69) is 9.68 Å². The molecule has 5 rings (SSSR count). The van der Waals surface area contributed by atoms with E-state index in [0.717, 1.165) is 0 Å². The summed E-state index contributed by atoms with van der Waals surface area (Å²) in [5, 5.41) is 30.8. The van der Waals surface area contributed by atoms with Gasteiger partial charge >= 0.3 is 18.1 Å². The zero-order valence-electron chi connectivity index (χ0n) is 33.5. The first-order valence-electron chi connectivity index (χ1n) is 19.7. The average molecular weight is 848 g/mol. The summed E-state index contributed by atoms with van der Waals surface area (Å²) in [4.78, 5) is 94.8. The van der Waals surface area contributed by atoms with Crippen molar-refractivity contribution in [3.8, 4) is 5.75 Å². The summed E-state index contributed by atoms with van der Waals surface area (Å²) in [6.07, 6.45) is 1.89. The van der Waals surface area contributed by atoms with Crippen LogP contribution < -0.4 is 10.5 Å². The van der Waals surface area contributed by atoms with Crippen molar-refractivity contribution in [2.24, 2.45) is 34.3 Å². The number of esters is 2. The third-order valence-electron chi connectivity index (χ3n) is 12.8. The number of nitrogens with two attached hydrogens (primary N) is 1. The highest BCUT2D eigenvalue weighted by molar-refractivity contribution is 6.01. The Bertz CT molecular complexity index is 1910. The second-order valence-corrected chi connectivity index (χ2v) is 16.2. The maximum atomic E-state index is 17.8. The van der Waals surface area contributed by atoms with Crippen LogP contribution >= 0.6 is 0 Å². The molecule has 0 saturated heterocycles. The van der Waals surface area contributed by atoms with Gasteiger partial charge in [-0.25, -0.2) is 9.18 Å². The van der Waals surface area contributed by atoms with E-state index in [-0.39, 0.29) is 63.3 Å². The molecule has 0 bridgehead atoms. The number of Topliss-reactive ketones (excluding diaryl/α,β-unsaturated/α-hetero) is 1. The topological polar surface area (TPSA) is 273 Å². The minimum absolute atomic E-state index is 0.00452. The monoisotopic (exact) mass is 847 g/mol. The predicted octanol–water partition coefficient (Wildman–Crippen LogP) is 4.06. The highest BCUT2D eigenvalue weighted by Crippen LogP contribution is 2.71. The Morgan fingerprint density at radius 3 is 2.30 bits per heavy atom. The van der Waals surface area contributed by atoms with Crippen molar-refractivity contribution >= 4 is 29.7 Å². The molecule has 0 aromatic heterocycles. The lowest BCUT2D eigenvalue weighted by atomic mass is 9.44. The van der Waals surface area contributed by atoms with Gasteiger partial charge in [-0.2, -0.15) is 0 Å². The molecule has 4 aliphatic carbocycles. The number of halogens is 1. The molecule has 0 spiro atoms. The second kappa shape index (κ2) is 18.4. The van der Waals surface area contributed by atoms with Gasteiger partial charge in [0, 0.05) is 29.1 Å². The van der Waals surface area contributed by atoms with Crippen molar-refractivity contribution in [3.63, 3.8) is 0 Å². The Kier molecular flexibility index (Phi) is 14.0. The number of ketones is 2. The number of unbranched alkanes of at least 4 members (excludes halogenated alkanes) is 1. The van der Waals surface area contributed by atoms with Gasteiger partial charge in [0.25, 0.3) is 10.2 Å². The van der Waals surface area contributed by atoms with E-state index in [1.807, 2.05) is 0 Å². The number of allylic oxidation sites excluding steroid dienone is 4. The van der Waals surface area contributed by atoms with Gasteiger partial charge < -0.3 is 39.5 Å². The molecule has 0 heterocycles. The van der Waals surface area contributed by atoms with Crippen LogP contribution in [-0.2, 0) is 49.5 Å². The van der Waals surface area contributed by atoms with E-state index in [9.17, 15) is 49.3 Å². The van der Waals surface area contributed by atoms with Crippen LogP contribution in [0, 0.1) is 48.8 Å². The third kappa shape index (κ3) is 8.98. The fourth-order valence-electron chi connectivity index (χ4n) is 10.00. The second-order valence-electron chi connectivity index (χ2n) is 16.2. The smallest absolute Gasteiger partial charge is 0.465 e. The highest BCUT2D eigenvalue weighted by Gasteiger charge is 2.77. The molecule has 1 aromatic carbocycles. The molecule has 9 unspecified atom stereocenters. The molecule has 60 heavy (non-hydrogen) atoms. The molecule has 20 heteroatoms. The van der Waals surface area contributed by atoms with Crippen LogP contribution in [-0.4, -0.2) is 94.8 Å². The van der Waals surface area contributed by atoms with E-state index in [0.29, 0.717) is 30.4 Å². The minimum atomic E-state index is -2.25. The van der Waals surface area contributed by atoms with Crippen molar-refractivity contribution in [2.45, 2.75) is 102 Å². The summed E-state index contributed by atoms with van der Waals surface area (Å²) in [7, 11) is 0. The number of rotatable bonds is 19. The Morgan fingerprint density at radius 1 is 0.983 bits per heavy atom. The molecule has 19 nitrogen and oxygen atoms in total. The van der Waals surface area contributed by atoms with Gasteiger partial charge in [0.05, 0.1) is 25.9 Å². The standard InChI is InChI=1S/C40H50FN3O16/c1-24-19-30-29-13-10-26-21-27(45)14-15-37(26,2)39(29,41)32(46)22-38(30,3)40(24,60-34(48)7-6-18-58-44(53)54)33(47)23-56-36(50)59-28-11-8-25(9-12-28)20-31(42)35(49)55-16-4-5-17-57-43(51)52/h8-9,11-12,14-15,21,24,29-32,46H,4-7,10,13,16-20,22-23,42H2,1-3H3. The number of benzene rings is 1.